The van der Waals surface area contributed by atoms with Gasteiger partial charge < -0.3 is 19.1 Å². The molecule has 1 aliphatic heterocycles. The van der Waals surface area contributed by atoms with Crippen molar-refractivity contribution in [3.8, 4) is 11.5 Å². The van der Waals surface area contributed by atoms with E-state index in [4.69, 9.17) is 14.2 Å². The Morgan fingerprint density at radius 3 is 2.41 bits per heavy atom. The van der Waals surface area contributed by atoms with Gasteiger partial charge in [0, 0.05) is 29.3 Å². The van der Waals surface area contributed by atoms with Crippen LogP contribution in [0.25, 0.3) is 0 Å². The van der Waals surface area contributed by atoms with Gasteiger partial charge in [0.05, 0.1) is 40.1 Å². The first kappa shape index (κ1) is 23.9. The average molecular weight is 459 g/mol. The molecule has 0 spiro atoms. The third-order valence-corrected chi connectivity index (χ3v) is 6.54. The van der Waals surface area contributed by atoms with Crippen LogP contribution in [-0.2, 0) is 20.9 Å². The molecule has 172 valence electrons. The van der Waals surface area contributed by atoms with E-state index < -0.39 is 5.97 Å². The topological polar surface area (TPSA) is 68.3 Å². The Balaban J connectivity index is 1.83. The van der Waals surface area contributed by atoms with E-state index >= 15 is 0 Å². The SMILES string of the molecule is COC(=O)CN(CC(=O)N1CCC(C)Sc2ccccc21)Cc1cc(OC)cc(OC)c1. The molecule has 8 heteroatoms. The zero-order valence-electron chi connectivity index (χ0n) is 19.0. The summed E-state index contributed by atoms with van der Waals surface area (Å²) in [7, 11) is 4.52. The van der Waals surface area contributed by atoms with Gasteiger partial charge >= 0.3 is 5.97 Å². The summed E-state index contributed by atoms with van der Waals surface area (Å²) in [6.07, 6.45) is 0.898. The van der Waals surface area contributed by atoms with Gasteiger partial charge in [-0.1, -0.05) is 19.1 Å². The van der Waals surface area contributed by atoms with Gasteiger partial charge in [-0.25, -0.2) is 0 Å². The first-order valence-electron chi connectivity index (χ1n) is 10.5. The Morgan fingerprint density at radius 2 is 1.75 bits per heavy atom. The standard InChI is InChI=1S/C24H30N2O5S/c1-17-9-10-26(21-7-5-6-8-22(21)32-17)23(27)15-25(16-24(28)31-4)14-18-11-19(29-2)13-20(12-18)30-3/h5-8,11-13,17H,9-10,14-16H2,1-4H3. The van der Waals surface area contributed by atoms with E-state index in [0.29, 0.717) is 29.8 Å². The molecule has 0 N–H and O–H groups in total. The predicted octanol–water partition coefficient (Wildman–Crippen LogP) is 3.60. The van der Waals surface area contributed by atoms with E-state index in [9.17, 15) is 9.59 Å². The molecule has 1 aliphatic rings. The molecule has 32 heavy (non-hydrogen) atoms. The van der Waals surface area contributed by atoms with E-state index in [2.05, 4.69) is 13.0 Å². The van der Waals surface area contributed by atoms with Crippen LogP contribution in [-0.4, -0.2) is 63.0 Å². The van der Waals surface area contributed by atoms with Gasteiger partial charge in [-0.2, -0.15) is 0 Å². The second-order valence-electron chi connectivity index (χ2n) is 7.67. The molecule has 1 unspecified atom stereocenters. The molecule has 0 saturated carbocycles. The van der Waals surface area contributed by atoms with Crippen LogP contribution in [0.2, 0.25) is 0 Å². The van der Waals surface area contributed by atoms with Crippen LogP contribution in [0.15, 0.2) is 47.4 Å². The zero-order valence-corrected chi connectivity index (χ0v) is 19.8. The fraction of sp³-hybridized carbons (Fsp3) is 0.417. The van der Waals surface area contributed by atoms with E-state index in [1.807, 2.05) is 35.2 Å². The maximum Gasteiger partial charge on any atom is 0.319 e. The molecule has 0 bridgehead atoms. The lowest BCUT2D eigenvalue weighted by atomic mass is 10.1. The molecule has 0 aliphatic carbocycles. The quantitative estimate of drug-likeness (QED) is 0.560. The van der Waals surface area contributed by atoms with Crippen molar-refractivity contribution in [3.63, 3.8) is 0 Å². The number of amides is 1. The highest BCUT2D eigenvalue weighted by Gasteiger charge is 2.26. The number of methoxy groups -OCH3 is 3. The Hall–Kier alpha value is -2.71. The third-order valence-electron chi connectivity index (χ3n) is 5.30. The average Bonchev–Trinajstić information content (AvgIpc) is 2.96. The Bertz CT molecular complexity index is 929. The largest absolute Gasteiger partial charge is 0.497 e. The highest BCUT2D eigenvalue weighted by Crippen LogP contribution is 2.37. The van der Waals surface area contributed by atoms with Crippen LogP contribution in [0.3, 0.4) is 0 Å². The van der Waals surface area contributed by atoms with Crippen LogP contribution in [0.4, 0.5) is 5.69 Å². The third kappa shape index (κ3) is 6.17. The van der Waals surface area contributed by atoms with Gasteiger partial charge in [0.2, 0.25) is 5.91 Å². The second-order valence-corrected chi connectivity index (χ2v) is 9.15. The first-order chi connectivity index (χ1) is 15.4. The molecule has 1 heterocycles. The van der Waals surface area contributed by atoms with Gasteiger partial charge in [-0.05, 0) is 36.2 Å². The molecule has 1 atom stereocenters. The number of nitrogens with zero attached hydrogens (tertiary/aromatic N) is 2. The maximum atomic E-state index is 13.4. The number of fused-ring (bicyclic) bond motifs is 1. The molecule has 0 saturated heterocycles. The molecule has 0 radical (unpaired) electrons. The molecule has 2 aromatic rings. The van der Waals surface area contributed by atoms with Crippen molar-refractivity contribution in [2.24, 2.45) is 0 Å². The Labute approximate surface area is 193 Å². The summed E-state index contributed by atoms with van der Waals surface area (Å²) >= 11 is 1.79. The normalized spacial score (nSPS) is 15.7. The molecular weight excluding hydrogens is 428 g/mol. The summed E-state index contributed by atoms with van der Waals surface area (Å²) in [6, 6.07) is 13.5. The van der Waals surface area contributed by atoms with Crippen molar-refractivity contribution < 1.29 is 23.8 Å². The summed E-state index contributed by atoms with van der Waals surface area (Å²) in [5.74, 6) is 0.853. The number of hydrogen-bond acceptors (Lipinski definition) is 7. The van der Waals surface area contributed by atoms with Gasteiger partial charge in [0.25, 0.3) is 0 Å². The number of thioether (sulfide) groups is 1. The van der Waals surface area contributed by atoms with Crippen molar-refractivity contribution in [1.29, 1.82) is 0 Å². The predicted molar refractivity (Wildman–Crippen MR) is 126 cm³/mol. The van der Waals surface area contributed by atoms with Crippen LogP contribution < -0.4 is 14.4 Å². The number of rotatable bonds is 8. The van der Waals surface area contributed by atoms with E-state index in [1.165, 1.54) is 7.11 Å². The summed E-state index contributed by atoms with van der Waals surface area (Å²) in [5, 5.41) is 0.421. The Morgan fingerprint density at radius 1 is 1.06 bits per heavy atom. The van der Waals surface area contributed by atoms with Gasteiger partial charge in [0.1, 0.15) is 11.5 Å². The lowest BCUT2D eigenvalue weighted by Gasteiger charge is -2.27. The van der Waals surface area contributed by atoms with Crippen LogP contribution in [0, 0.1) is 0 Å². The number of benzene rings is 2. The lowest BCUT2D eigenvalue weighted by Crippen LogP contribution is -2.42. The summed E-state index contributed by atoms with van der Waals surface area (Å²) in [4.78, 5) is 30.2. The molecule has 7 nitrogen and oxygen atoms in total. The molecular formula is C24H30N2O5S. The number of anilines is 1. The van der Waals surface area contributed by atoms with Crippen LogP contribution in [0.5, 0.6) is 11.5 Å². The second kappa shape index (κ2) is 11.2. The fourth-order valence-electron chi connectivity index (χ4n) is 3.65. The zero-order chi connectivity index (χ0) is 23.1. The van der Waals surface area contributed by atoms with E-state index in [-0.39, 0.29) is 19.0 Å². The Kier molecular flexibility index (Phi) is 8.41. The fourth-order valence-corrected chi connectivity index (χ4v) is 4.77. The monoisotopic (exact) mass is 458 g/mol. The first-order valence-corrected chi connectivity index (χ1v) is 11.4. The van der Waals surface area contributed by atoms with Crippen molar-refractivity contribution in [3.05, 3.63) is 48.0 Å². The van der Waals surface area contributed by atoms with Crippen molar-refractivity contribution in [1.82, 2.24) is 4.90 Å². The number of carbonyl (C=O) groups excluding carboxylic acids is 2. The van der Waals surface area contributed by atoms with E-state index in [1.54, 1.807) is 36.9 Å². The highest BCUT2D eigenvalue weighted by molar-refractivity contribution is 8.00. The van der Waals surface area contributed by atoms with Gasteiger partial charge in [-0.15, -0.1) is 11.8 Å². The van der Waals surface area contributed by atoms with E-state index in [0.717, 1.165) is 22.6 Å². The number of esters is 1. The summed E-state index contributed by atoms with van der Waals surface area (Å²) < 4.78 is 15.6. The smallest absolute Gasteiger partial charge is 0.319 e. The molecule has 3 rings (SSSR count). The number of hydrogen-bond donors (Lipinski definition) is 0. The number of carbonyl (C=O) groups is 2. The minimum absolute atomic E-state index is 0.00239. The van der Waals surface area contributed by atoms with Crippen molar-refractivity contribution in [2.75, 3.05) is 45.9 Å². The summed E-state index contributed by atoms with van der Waals surface area (Å²) in [5.41, 5.74) is 1.80. The minimum Gasteiger partial charge on any atom is -0.497 e. The molecule has 0 aromatic heterocycles. The van der Waals surface area contributed by atoms with Crippen LogP contribution >= 0.6 is 11.8 Å². The summed E-state index contributed by atoms with van der Waals surface area (Å²) in [6.45, 7) is 3.28. The molecule has 0 fully saturated rings. The maximum absolute atomic E-state index is 13.4. The van der Waals surface area contributed by atoms with Gasteiger partial charge in [0.15, 0.2) is 0 Å². The molecule has 1 amide bonds. The molecule has 2 aromatic carbocycles. The van der Waals surface area contributed by atoms with Crippen molar-refractivity contribution >= 4 is 29.3 Å². The van der Waals surface area contributed by atoms with Crippen LogP contribution in [0.1, 0.15) is 18.9 Å². The minimum atomic E-state index is -0.395. The highest BCUT2D eigenvalue weighted by atomic mass is 32.2. The lowest BCUT2D eigenvalue weighted by molar-refractivity contribution is -0.142. The number of para-hydroxylation sites is 1. The van der Waals surface area contributed by atoms with Gasteiger partial charge in [-0.3, -0.25) is 14.5 Å². The number of ether oxygens (including phenoxy) is 3. The van der Waals surface area contributed by atoms with Crippen molar-refractivity contribution in [2.45, 2.75) is 30.0 Å².